The molecule has 3 rings (SSSR count). The van der Waals surface area contributed by atoms with Gasteiger partial charge in [0.05, 0.1) is 17.1 Å². The SMILES string of the molecule is CC(C)(C)OC(=O)N1CCN(CCCOc2ccc3c(Cl)ccnc3c2)CC1. The van der Waals surface area contributed by atoms with Crippen LogP contribution in [0.25, 0.3) is 10.9 Å². The van der Waals surface area contributed by atoms with Gasteiger partial charge >= 0.3 is 6.09 Å². The molecule has 7 heteroatoms. The van der Waals surface area contributed by atoms with Crippen molar-refractivity contribution in [1.82, 2.24) is 14.8 Å². The number of amides is 1. The summed E-state index contributed by atoms with van der Waals surface area (Å²) in [6.45, 7) is 10.4. The smallest absolute Gasteiger partial charge is 0.410 e. The molecule has 1 aromatic heterocycles. The number of benzene rings is 1. The van der Waals surface area contributed by atoms with Crippen LogP contribution < -0.4 is 4.74 Å². The fourth-order valence-electron chi connectivity index (χ4n) is 3.14. The van der Waals surface area contributed by atoms with Crippen molar-refractivity contribution in [3.8, 4) is 5.75 Å². The van der Waals surface area contributed by atoms with Gasteiger partial charge in [-0.3, -0.25) is 9.88 Å². The van der Waals surface area contributed by atoms with Gasteiger partial charge in [-0.25, -0.2) is 4.79 Å². The first-order chi connectivity index (χ1) is 13.3. The van der Waals surface area contributed by atoms with E-state index in [1.165, 1.54) is 0 Å². The van der Waals surface area contributed by atoms with Gasteiger partial charge < -0.3 is 14.4 Å². The lowest BCUT2D eigenvalue weighted by atomic mass is 10.2. The zero-order valence-electron chi connectivity index (χ0n) is 16.8. The first-order valence-electron chi connectivity index (χ1n) is 9.69. The van der Waals surface area contributed by atoms with Gasteiger partial charge in [-0.05, 0) is 45.4 Å². The summed E-state index contributed by atoms with van der Waals surface area (Å²) in [5.41, 5.74) is 0.387. The second-order valence-electron chi connectivity index (χ2n) is 7.98. The van der Waals surface area contributed by atoms with Crippen molar-refractivity contribution in [2.24, 2.45) is 0 Å². The van der Waals surface area contributed by atoms with Crippen molar-refractivity contribution in [1.29, 1.82) is 0 Å². The Morgan fingerprint density at radius 1 is 1.18 bits per heavy atom. The van der Waals surface area contributed by atoms with E-state index in [1.807, 2.05) is 39.0 Å². The number of aromatic nitrogens is 1. The zero-order valence-corrected chi connectivity index (χ0v) is 17.5. The Labute approximate surface area is 171 Å². The van der Waals surface area contributed by atoms with Gasteiger partial charge in [-0.2, -0.15) is 0 Å². The van der Waals surface area contributed by atoms with E-state index in [4.69, 9.17) is 21.1 Å². The Kier molecular flexibility index (Phi) is 6.62. The lowest BCUT2D eigenvalue weighted by Gasteiger charge is -2.35. The monoisotopic (exact) mass is 405 g/mol. The number of hydrogen-bond donors (Lipinski definition) is 0. The van der Waals surface area contributed by atoms with Crippen LogP contribution in [0.2, 0.25) is 5.02 Å². The average Bonchev–Trinajstić information content (AvgIpc) is 2.64. The highest BCUT2D eigenvalue weighted by atomic mass is 35.5. The molecule has 1 amide bonds. The third kappa shape index (κ3) is 5.72. The van der Waals surface area contributed by atoms with E-state index in [0.29, 0.717) is 24.7 Å². The molecular formula is C21H28ClN3O3. The number of carbonyl (C=O) groups is 1. The minimum absolute atomic E-state index is 0.222. The molecule has 0 bridgehead atoms. The fraction of sp³-hybridized carbons (Fsp3) is 0.524. The molecule has 2 aromatic rings. The number of carbonyl (C=O) groups excluding carboxylic acids is 1. The highest BCUT2D eigenvalue weighted by Gasteiger charge is 2.25. The molecule has 2 heterocycles. The number of rotatable bonds is 5. The number of pyridine rings is 1. The second-order valence-corrected chi connectivity index (χ2v) is 8.39. The predicted octanol–water partition coefficient (Wildman–Crippen LogP) is 4.21. The van der Waals surface area contributed by atoms with E-state index in [-0.39, 0.29) is 6.09 Å². The topological polar surface area (TPSA) is 54.9 Å². The maximum absolute atomic E-state index is 12.1. The second kappa shape index (κ2) is 8.97. The largest absolute Gasteiger partial charge is 0.493 e. The van der Waals surface area contributed by atoms with Gasteiger partial charge in [0.15, 0.2) is 0 Å². The van der Waals surface area contributed by atoms with Crippen molar-refractivity contribution in [2.45, 2.75) is 32.8 Å². The van der Waals surface area contributed by atoms with Gasteiger partial charge in [-0.1, -0.05) is 11.6 Å². The highest BCUT2D eigenvalue weighted by Crippen LogP contribution is 2.25. The van der Waals surface area contributed by atoms with Gasteiger partial charge in [0.1, 0.15) is 11.4 Å². The summed E-state index contributed by atoms with van der Waals surface area (Å²) < 4.78 is 11.3. The Morgan fingerprint density at radius 3 is 2.64 bits per heavy atom. The molecule has 0 saturated carbocycles. The van der Waals surface area contributed by atoms with Gasteiger partial charge in [-0.15, -0.1) is 0 Å². The van der Waals surface area contributed by atoms with E-state index in [0.717, 1.165) is 42.7 Å². The molecule has 6 nitrogen and oxygen atoms in total. The normalized spacial score (nSPS) is 15.6. The van der Waals surface area contributed by atoms with Crippen LogP contribution in [0.1, 0.15) is 27.2 Å². The molecule has 0 aliphatic carbocycles. The van der Waals surface area contributed by atoms with E-state index >= 15 is 0 Å². The van der Waals surface area contributed by atoms with E-state index in [2.05, 4.69) is 9.88 Å². The predicted molar refractivity (Wildman–Crippen MR) is 111 cm³/mol. The van der Waals surface area contributed by atoms with Crippen molar-refractivity contribution in [2.75, 3.05) is 39.3 Å². The van der Waals surface area contributed by atoms with Crippen LogP contribution in [-0.2, 0) is 4.74 Å². The summed E-state index contributed by atoms with van der Waals surface area (Å²) in [7, 11) is 0. The van der Waals surface area contributed by atoms with Gasteiger partial charge in [0.2, 0.25) is 0 Å². The lowest BCUT2D eigenvalue weighted by Crippen LogP contribution is -2.50. The summed E-state index contributed by atoms with van der Waals surface area (Å²) in [6, 6.07) is 7.57. The molecule has 1 saturated heterocycles. The molecule has 0 N–H and O–H groups in total. The molecule has 28 heavy (non-hydrogen) atoms. The molecule has 1 aromatic carbocycles. The third-order valence-corrected chi connectivity index (χ3v) is 4.90. The fourth-order valence-corrected chi connectivity index (χ4v) is 3.36. The van der Waals surface area contributed by atoms with Crippen LogP contribution >= 0.6 is 11.6 Å². The number of nitrogens with zero attached hydrogens (tertiary/aromatic N) is 3. The molecule has 1 fully saturated rings. The zero-order chi connectivity index (χ0) is 20.1. The summed E-state index contributed by atoms with van der Waals surface area (Å²) >= 11 is 6.16. The molecule has 0 spiro atoms. The molecule has 1 aliphatic rings. The Bertz CT molecular complexity index is 814. The van der Waals surface area contributed by atoms with Crippen LogP contribution in [0.4, 0.5) is 4.79 Å². The Balaban J connectivity index is 1.38. The summed E-state index contributed by atoms with van der Waals surface area (Å²) in [4.78, 5) is 20.6. The molecule has 1 aliphatic heterocycles. The molecule has 152 valence electrons. The minimum atomic E-state index is -0.449. The maximum atomic E-state index is 12.1. The minimum Gasteiger partial charge on any atom is -0.493 e. The third-order valence-electron chi connectivity index (χ3n) is 4.57. The van der Waals surface area contributed by atoms with Crippen molar-refractivity contribution >= 4 is 28.6 Å². The standard InChI is InChI=1S/C21H28ClN3O3/c1-21(2,3)28-20(26)25-12-10-24(11-13-25)9-4-14-27-16-5-6-17-18(22)7-8-23-19(17)15-16/h5-8,15H,4,9-14H2,1-3H3. The molecule has 0 atom stereocenters. The summed E-state index contributed by atoms with van der Waals surface area (Å²) in [5.74, 6) is 0.803. The first-order valence-corrected chi connectivity index (χ1v) is 10.1. The van der Waals surface area contributed by atoms with E-state index in [9.17, 15) is 4.79 Å². The van der Waals surface area contributed by atoms with Crippen LogP contribution in [-0.4, -0.2) is 65.8 Å². The quantitative estimate of drug-likeness (QED) is 0.697. The summed E-state index contributed by atoms with van der Waals surface area (Å²) in [6.07, 6.45) is 2.40. The Hall–Kier alpha value is -2.05. The number of ether oxygens (including phenoxy) is 2. The number of hydrogen-bond acceptors (Lipinski definition) is 5. The molecule has 0 radical (unpaired) electrons. The summed E-state index contributed by atoms with van der Waals surface area (Å²) in [5, 5.41) is 1.63. The van der Waals surface area contributed by atoms with Gasteiger partial charge in [0, 0.05) is 50.4 Å². The number of fused-ring (bicyclic) bond motifs is 1. The number of halogens is 1. The maximum Gasteiger partial charge on any atom is 0.410 e. The van der Waals surface area contributed by atoms with Crippen LogP contribution in [0.15, 0.2) is 30.5 Å². The highest BCUT2D eigenvalue weighted by molar-refractivity contribution is 6.35. The molecular weight excluding hydrogens is 378 g/mol. The lowest BCUT2D eigenvalue weighted by molar-refractivity contribution is 0.0142. The first kappa shape index (κ1) is 20.7. The van der Waals surface area contributed by atoms with Crippen molar-refractivity contribution < 1.29 is 14.3 Å². The average molecular weight is 406 g/mol. The van der Waals surface area contributed by atoms with Crippen LogP contribution in [0, 0.1) is 0 Å². The van der Waals surface area contributed by atoms with E-state index < -0.39 is 5.60 Å². The number of piperazine rings is 1. The van der Waals surface area contributed by atoms with Crippen molar-refractivity contribution in [3.63, 3.8) is 0 Å². The van der Waals surface area contributed by atoms with Crippen molar-refractivity contribution in [3.05, 3.63) is 35.5 Å². The van der Waals surface area contributed by atoms with Crippen LogP contribution in [0.5, 0.6) is 5.75 Å². The Morgan fingerprint density at radius 2 is 1.93 bits per heavy atom. The van der Waals surface area contributed by atoms with E-state index in [1.54, 1.807) is 17.2 Å². The van der Waals surface area contributed by atoms with Gasteiger partial charge in [0.25, 0.3) is 0 Å². The van der Waals surface area contributed by atoms with Crippen LogP contribution in [0.3, 0.4) is 0 Å². The molecule has 0 unspecified atom stereocenters.